The van der Waals surface area contributed by atoms with Crippen molar-refractivity contribution in [1.82, 2.24) is 0 Å². The third-order valence-corrected chi connectivity index (χ3v) is 8.51. The van der Waals surface area contributed by atoms with Crippen molar-refractivity contribution in [2.75, 3.05) is 0 Å². The molecule has 4 aliphatic rings. The summed E-state index contributed by atoms with van der Waals surface area (Å²) in [5, 5.41) is 0. The Bertz CT molecular complexity index is 459. The Morgan fingerprint density at radius 2 is 1.95 bits per heavy atom. The molecule has 0 aromatic heterocycles. The quantitative estimate of drug-likeness (QED) is 0.538. The highest BCUT2D eigenvalue weighted by atomic mass is 14.8. The van der Waals surface area contributed by atoms with E-state index in [1.54, 1.807) is 5.57 Å². The molecular weight excluding hydrogens is 240 g/mol. The molecule has 3 saturated carbocycles. The minimum absolute atomic E-state index is 0.600. The van der Waals surface area contributed by atoms with Crippen LogP contribution in [-0.4, -0.2) is 0 Å². The predicted octanol–water partition coefficient (Wildman–Crippen LogP) is 5.69. The third kappa shape index (κ3) is 1.26. The molecule has 0 heterocycles. The summed E-state index contributed by atoms with van der Waals surface area (Å²) in [6, 6.07) is 0. The molecule has 0 bridgehead atoms. The van der Waals surface area contributed by atoms with Crippen LogP contribution in [0.3, 0.4) is 0 Å². The van der Waals surface area contributed by atoms with Gasteiger partial charge in [-0.3, -0.25) is 0 Å². The van der Waals surface area contributed by atoms with E-state index in [2.05, 4.69) is 40.7 Å². The van der Waals surface area contributed by atoms with Crippen molar-refractivity contribution in [1.29, 1.82) is 0 Å². The molecule has 4 aliphatic carbocycles. The maximum Gasteiger partial charge on any atom is -0.00207 e. The van der Waals surface area contributed by atoms with Crippen molar-refractivity contribution in [3.8, 4) is 0 Å². The molecule has 0 aromatic carbocycles. The molecular formula is C20H32. The van der Waals surface area contributed by atoms with Gasteiger partial charge >= 0.3 is 0 Å². The number of allylic oxidation sites excluding steroid dienone is 2. The summed E-state index contributed by atoms with van der Waals surface area (Å²) in [5.74, 6) is 5.93. The molecule has 0 nitrogen and oxygen atoms in total. The van der Waals surface area contributed by atoms with Crippen LogP contribution in [-0.2, 0) is 0 Å². The molecule has 0 amide bonds. The molecule has 0 aromatic rings. The van der Waals surface area contributed by atoms with Gasteiger partial charge in [0.05, 0.1) is 0 Å². The molecule has 0 radical (unpaired) electrons. The Balaban J connectivity index is 1.78. The summed E-state index contributed by atoms with van der Waals surface area (Å²) in [6.07, 6.45) is 10.0. The lowest BCUT2D eigenvalue weighted by Gasteiger charge is -2.62. The molecule has 6 unspecified atom stereocenters. The van der Waals surface area contributed by atoms with Crippen LogP contribution in [0.15, 0.2) is 11.6 Å². The average Bonchev–Trinajstić information content (AvgIpc) is 2.95. The first-order valence-electron chi connectivity index (χ1n) is 9.10. The first kappa shape index (κ1) is 13.4. The molecule has 4 rings (SSSR count). The Kier molecular flexibility index (Phi) is 2.63. The summed E-state index contributed by atoms with van der Waals surface area (Å²) >= 11 is 0. The van der Waals surface area contributed by atoms with E-state index < -0.39 is 0 Å². The van der Waals surface area contributed by atoms with Gasteiger partial charge < -0.3 is 0 Å². The van der Waals surface area contributed by atoms with E-state index in [9.17, 15) is 0 Å². The summed E-state index contributed by atoms with van der Waals surface area (Å²) in [4.78, 5) is 0. The van der Waals surface area contributed by atoms with E-state index in [4.69, 9.17) is 0 Å². The van der Waals surface area contributed by atoms with E-state index in [-0.39, 0.29) is 0 Å². The number of hydrogen-bond donors (Lipinski definition) is 0. The largest absolute Gasteiger partial charge is 0.0847 e. The van der Waals surface area contributed by atoms with Gasteiger partial charge in [-0.2, -0.15) is 0 Å². The lowest BCUT2D eigenvalue weighted by molar-refractivity contribution is -0.134. The van der Waals surface area contributed by atoms with Gasteiger partial charge in [0.25, 0.3) is 0 Å². The lowest BCUT2D eigenvalue weighted by Crippen LogP contribution is -2.57. The van der Waals surface area contributed by atoms with E-state index in [0.29, 0.717) is 10.8 Å². The van der Waals surface area contributed by atoms with Gasteiger partial charge in [-0.25, -0.2) is 0 Å². The minimum atomic E-state index is 0.600. The Morgan fingerprint density at radius 1 is 1.20 bits per heavy atom. The van der Waals surface area contributed by atoms with Gasteiger partial charge in [-0.1, -0.05) is 45.8 Å². The summed E-state index contributed by atoms with van der Waals surface area (Å²) < 4.78 is 0. The van der Waals surface area contributed by atoms with Crippen LogP contribution in [0.2, 0.25) is 0 Å². The van der Waals surface area contributed by atoms with Gasteiger partial charge in [-0.05, 0) is 78.9 Å². The van der Waals surface area contributed by atoms with Crippen LogP contribution in [0.25, 0.3) is 0 Å². The molecule has 0 saturated heterocycles. The Labute approximate surface area is 125 Å². The van der Waals surface area contributed by atoms with E-state index in [1.807, 2.05) is 0 Å². The number of hydrogen-bond acceptors (Lipinski definition) is 0. The zero-order valence-electron chi connectivity index (χ0n) is 14.1. The van der Waals surface area contributed by atoms with E-state index in [1.165, 1.54) is 32.1 Å². The minimum Gasteiger partial charge on any atom is -0.0847 e. The normalized spacial score (nSPS) is 56.9. The maximum absolute atomic E-state index is 2.66. The molecule has 7 atom stereocenters. The second kappa shape index (κ2) is 3.93. The van der Waals surface area contributed by atoms with E-state index in [0.717, 1.165) is 35.5 Å². The molecule has 20 heavy (non-hydrogen) atoms. The van der Waals surface area contributed by atoms with Gasteiger partial charge in [0, 0.05) is 0 Å². The van der Waals surface area contributed by atoms with Crippen LogP contribution in [0, 0.1) is 46.3 Å². The van der Waals surface area contributed by atoms with Crippen LogP contribution in [0.1, 0.15) is 66.7 Å². The second-order valence-corrected chi connectivity index (χ2v) is 9.24. The van der Waals surface area contributed by atoms with Crippen LogP contribution in [0.5, 0.6) is 0 Å². The average molecular weight is 272 g/mol. The van der Waals surface area contributed by atoms with Crippen molar-refractivity contribution >= 4 is 0 Å². The molecule has 0 aliphatic heterocycles. The van der Waals surface area contributed by atoms with Crippen molar-refractivity contribution in [2.24, 2.45) is 46.3 Å². The van der Waals surface area contributed by atoms with Crippen LogP contribution >= 0.6 is 0 Å². The standard InChI is InChI=1S/C20H32/c1-12(2)15-9-7-14(4)20(15)11-10-19(5)16-8-6-13(3)17(16)18(19)20/h7,12-13,15-18H,6,8-11H2,1-5H3/t13?,15?,16?,17?,18?,19?,20-/m1/s1. The van der Waals surface area contributed by atoms with Gasteiger partial charge in [-0.15, -0.1) is 0 Å². The number of rotatable bonds is 1. The highest BCUT2D eigenvalue weighted by Gasteiger charge is 2.73. The summed E-state index contributed by atoms with van der Waals surface area (Å²) in [5.41, 5.74) is 3.08. The first-order chi connectivity index (χ1) is 9.43. The molecule has 1 spiro atoms. The van der Waals surface area contributed by atoms with Crippen molar-refractivity contribution in [3.05, 3.63) is 11.6 Å². The van der Waals surface area contributed by atoms with E-state index >= 15 is 0 Å². The lowest BCUT2D eigenvalue weighted by atomic mass is 9.42. The zero-order chi connectivity index (χ0) is 14.3. The molecule has 0 heteroatoms. The van der Waals surface area contributed by atoms with Crippen molar-refractivity contribution in [3.63, 3.8) is 0 Å². The Hall–Kier alpha value is -0.260. The predicted molar refractivity (Wildman–Crippen MR) is 85.3 cm³/mol. The van der Waals surface area contributed by atoms with Crippen LogP contribution < -0.4 is 0 Å². The van der Waals surface area contributed by atoms with Crippen molar-refractivity contribution in [2.45, 2.75) is 66.7 Å². The topological polar surface area (TPSA) is 0 Å². The second-order valence-electron chi connectivity index (χ2n) is 9.24. The zero-order valence-corrected chi connectivity index (χ0v) is 14.1. The summed E-state index contributed by atoms with van der Waals surface area (Å²) in [7, 11) is 0. The number of fused-ring (bicyclic) bond motifs is 5. The maximum atomic E-state index is 2.66. The summed E-state index contributed by atoms with van der Waals surface area (Å²) in [6.45, 7) is 12.6. The highest BCUT2D eigenvalue weighted by molar-refractivity contribution is 5.32. The highest BCUT2D eigenvalue weighted by Crippen LogP contribution is 2.79. The smallest absolute Gasteiger partial charge is 0.00207 e. The third-order valence-electron chi connectivity index (χ3n) is 8.51. The van der Waals surface area contributed by atoms with Gasteiger partial charge in [0.2, 0.25) is 0 Å². The molecule has 112 valence electrons. The Morgan fingerprint density at radius 3 is 2.65 bits per heavy atom. The first-order valence-corrected chi connectivity index (χ1v) is 9.10. The van der Waals surface area contributed by atoms with Gasteiger partial charge in [0.1, 0.15) is 0 Å². The SMILES string of the molecule is CC1=CCC(C(C)C)[C@@]12CCC1(C)C3CCC(C)C3C12. The van der Waals surface area contributed by atoms with Gasteiger partial charge in [0.15, 0.2) is 0 Å². The molecule has 0 N–H and O–H groups in total. The van der Waals surface area contributed by atoms with Crippen LogP contribution in [0.4, 0.5) is 0 Å². The molecule has 3 fully saturated rings. The fraction of sp³-hybridized carbons (Fsp3) is 0.900. The fourth-order valence-corrected chi connectivity index (χ4v) is 7.73. The monoisotopic (exact) mass is 272 g/mol. The van der Waals surface area contributed by atoms with Crippen molar-refractivity contribution < 1.29 is 0 Å². The fourth-order valence-electron chi connectivity index (χ4n) is 7.73.